The van der Waals surface area contributed by atoms with Crippen LogP contribution in [0.25, 0.3) is 0 Å². The standard InChI is InChI=1S/C22H35N3O8S/c1-12(2)32-19(28)23-24(20(29)33-13(3)4)17(14(5)26)18(27)25-16-10-15-8-9-22(16,21(15,6)7)11-34(25,30)31/h12-13,15-17H,8-11H2,1-7H3,(H,23,28)/t15?,16-,17-,22?/m1/s1. The summed E-state index contributed by atoms with van der Waals surface area (Å²) in [7, 11) is -4.06. The number of sulfonamides is 1. The number of ether oxygens (including phenoxy) is 2. The quantitative estimate of drug-likeness (QED) is 0.447. The van der Waals surface area contributed by atoms with Gasteiger partial charge in [0.2, 0.25) is 10.0 Å². The van der Waals surface area contributed by atoms with Gasteiger partial charge in [-0.3, -0.25) is 9.59 Å². The molecule has 34 heavy (non-hydrogen) atoms. The molecule has 0 radical (unpaired) electrons. The Morgan fingerprint density at radius 2 is 1.65 bits per heavy atom. The zero-order chi connectivity index (χ0) is 25.8. The van der Waals surface area contributed by atoms with Gasteiger partial charge >= 0.3 is 12.2 Å². The molecular formula is C22H35N3O8S. The van der Waals surface area contributed by atoms with Gasteiger partial charge in [-0.05, 0) is 65.2 Å². The zero-order valence-electron chi connectivity index (χ0n) is 20.8. The number of fused-ring (bicyclic) bond motifs is 1. The van der Waals surface area contributed by atoms with E-state index in [1.54, 1.807) is 27.7 Å². The van der Waals surface area contributed by atoms with E-state index in [4.69, 9.17) is 9.47 Å². The smallest absolute Gasteiger partial charge is 0.430 e. The SMILES string of the molecule is CC(=O)[C@H](C(=O)N1[C@@H]2CC3CCC2(CS1(=O)=O)C3(C)C)N(NC(=O)OC(C)C)C(=O)OC(C)C. The van der Waals surface area contributed by atoms with Crippen molar-refractivity contribution in [1.29, 1.82) is 0 Å². The molecule has 2 aliphatic carbocycles. The van der Waals surface area contributed by atoms with Gasteiger partial charge in [0.05, 0.1) is 24.0 Å². The maximum absolute atomic E-state index is 13.7. The van der Waals surface area contributed by atoms with Gasteiger partial charge in [-0.15, -0.1) is 0 Å². The molecule has 3 fully saturated rings. The maximum Gasteiger partial charge on any atom is 0.430 e. The van der Waals surface area contributed by atoms with Crippen LogP contribution < -0.4 is 5.43 Å². The topological polar surface area (TPSA) is 139 Å². The number of rotatable bonds is 5. The van der Waals surface area contributed by atoms with Crippen molar-refractivity contribution in [3.05, 3.63) is 0 Å². The fourth-order valence-electron chi connectivity index (χ4n) is 5.98. The van der Waals surface area contributed by atoms with Crippen molar-refractivity contribution in [2.45, 2.75) is 92.0 Å². The van der Waals surface area contributed by atoms with E-state index in [2.05, 4.69) is 5.43 Å². The van der Waals surface area contributed by atoms with Crippen LogP contribution in [0.15, 0.2) is 0 Å². The van der Waals surface area contributed by atoms with Crippen LogP contribution in [0.3, 0.4) is 0 Å². The molecule has 0 aromatic carbocycles. The average molecular weight is 502 g/mol. The van der Waals surface area contributed by atoms with Gasteiger partial charge in [-0.25, -0.2) is 27.7 Å². The highest BCUT2D eigenvalue weighted by molar-refractivity contribution is 7.90. The van der Waals surface area contributed by atoms with Crippen molar-refractivity contribution in [1.82, 2.24) is 14.7 Å². The Morgan fingerprint density at radius 1 is 1.06 bits per heavy atom. The van der Waals surface area contributed by atoms with Crippen molar-refractivity contribution in [3.63, 3.8) is 0 Å². The summed E-state index contributed by atoms with van der Waals surface area (Å²) < 4.78 is 37.5. The van der Waals surface area contributed by atoms with Crippen LogP contribution in [0.1, 0.15) is 67.7 Å². The minimum Gasteiger partial charge on any atom is -0.446 e. The fourth-order valence-corrected chi connectivity index (χ4v) is 8.53. The summed E-state index contributed by atoms with van der Waals surface area (Å²) in [5, 5.41) is 0.439. The van der Waals surface area contributed by atoms with E-state index in [0.29, 0.717) is 17.9 Å². The molecule has 1 spiro atoms. The first-order chi connectivity index (χ1) is 15.5. The molecule has 192 valence electrons. The van der Waals surface area contributed by atoms with E-state index < -0.39 is 63.6 Å². The highest BCUT2D eigenvalue weighted by Crippen LogP contribution is 2.70. The molecule has 2 saturated carbocycles. The van der Waals surface area contributed by atoms with Crippen LogP contribution in [0.4, 0.5) is 9.59 Å². The summed E-state index contributed by atoms with van der Waals surface area (Å²) in [5.41, 5.74) is 1.21. The normalized spacial score (nSPS) is 29.0. The lowest BCUT2D eigenvalue weighted by molar-refractivity contribution is -0.141. The third-order valence-corrected chi connectivity index (χ3v) is 9.51. The van der Waals surface area contributed by atoms with E-state index in [9.17, 15) is 27.6 Å². The zero-order valence-corrected chi connectivity index (χ0v) is 21.6. The number of carbonyl (C=O) groups excluding carboxylic acids is 4. The molecule has 3 aliphatic rings. The first kappa shape index (κ1) is 26.2. The second kappa shape index (κ2) is 8.69. The molecule has 4 atom stereocenters. The minimum absolute atomic E-state index is 0.191. The molecular weight excluding hydrogens is 466 g/mol. The average Bonchev–Trinajstić information content (AvgIpc) is 3.13. The molecule has 12 heteroatoms. The van der Waals surface area contributed by atoms with Gasteiger partial charge < -0.3 is 9.47 Å². The molecule has 1 aliphatic heterocycles. The number of hydrogen-bond acceptors (Lipinski definition) is 8. The number of amides is 3. The highest BCUT2D eigenvalue weighted by atomic mass is 32.2. The van der Waals surface area contributed by atoms with Gasteiger partial charge in [0.25, 0.3) is 5.91 Å². The lowest BCUT2D eigenvalue weighted by atomic mass is 9.69. The van der Waals surface area contributed by atoms with Crippen LogP contribution in [-0.2, 0) is 29.1 Å². The number of Topliss-reactive ketones (excluding diaryl/α,β-unsaturated/α-hetero) is 1. The summed E-state index contributed by atoms with van der Waals surface area (Å²) in [4.78, 5) is 51.5. The monoisotopic (exact) mass is 501 g/mol. The number of ketones is 1. The molecule has 0 aromatic heterocycles. The lowest BCUT2D eigenvalue weighted by Crippen LogP contribution is -2.62. The van der Waals surface area contributed by atoms with E-state index in [1.807, 2.05) is 13.8 Å². The second-order valence-corrected chi connectivity index (χ2v) is 12.5. The third kappa shape index (κ3) is 4.14. The molecule has 1 heterocycles. The molecule has 1 saturated heterocycles. The van der Waals surface area contributed by atoms with Crippen LogP contribution in [0.5, 0.6) is 0 Å². The van der Waals surface area contributed by atoms with Gasteiger partial charge in [-0.2, -0.15) is 5.01 Å². The molecule has 3 amide bonds. The maximum atomic E-state index is 13.7. The molecule has 2 bridgehead atoms. The molecule has 1 N–H and O–H groups in total. The van der Waals surface area contributed by atoms with Crippen molar-refractivity contribution >= 4 is 33.9 Å². The molecule has 0 aromatic rings. The van der Waals surface area contributed by atoms with Crippen molar-refractivity contribution in [2.75, 3.05) is 5.75 Å². The Morgan fingerprint density at radius 3 is 2.15 bits per heavy atom. The van der Waals surface area contributed by atoms with Gasteiger partial charge in [0.15, 0.2) is 11.8 Å². The number of hydrazine groups is 1. The summed E-state index contributed by atoms with van der Waals surface area (Å²) in [5.74, 6) is -1.85. The Bertz CT molecular complexity index is 992. The predicted octanol–water partition coefficient (Wildman–Crippen LogP) is 2.21. The Kier molecular flexibility index (Phi) is 6.71. The van der Waals surface area contributed by atoms with Crippen LogP contribution >= 0.6 is 0 Å². The second-order valence-electron chi connectivity index (χ2n) is 10.6. The van der Waals surface area contributed by atoms with E-state index in [1.165, 1.54) is 0 Å². The number of nitrogens with one attached hydrogen (secondary N) is 1. The van der Waals surface area contributed by atoms with Crippen molar-refractivity contribution < 1.29 is 37.1 Å². The first-order valence-electron chi connectivity index (χ1n) is 11.6. The lowest BCUT2D eigenvalue weighted by Gasteiger charge is -2.38. The first-order valence-corrected chi connectivity index (χ1v) is 13.2. The van der Waals surface area contributed by atoms with E-state index in [-0.39, 0.29) is 17.1 Å². The number of hydrogen-bond donors (Lipinski definition) is 1. The number of nitrogens with zero attached hydrogens (tertiary/aromatic N) is 2. The largest absolute Gasteiger partial charge is 0.446 e. The number of carbonyl (C=O) groups is 4. The molecule has 2 unspecified atom stereocenters. The minimum atomic E-state index is -4.06. The highest BCUT2D eigenvalue weighted by Gasteiger charge is 2.72. The van der Waals surface area contributed by atoms with Crippen LogP contribution in [-0.4, -0.2) is 71.7 Å². The van der Waals surface area contributed by atoms with E-state index >= 15 is 0 Å². The van der Waals surface area contributed by atoms with Gasteiger partial charge in [0.1, 0.15) is 0 Å². The molecule has 3 rings (SSSR count). The van der Waals surface area contributed by atoms with Gasteiger partial charge in [0, 0.05) is 5.41 Å². The summed E-state index contributed by atoms with van der Waals surface area (Å²) in [6.07, 6.45) is -1.40. The summed E-state index contributed by atoms with van der Waals surface area (Å²) >= 11 is 0. The predicted molar refractivity (Wildman–Crippen MR) is 121 cm³/mol. The van der Waals surface area contributed by atoms with Crippen LogP contribution in [0, 0.1) is 16.7 Å². The van der Waals surface area contributed by atoms with Crippen molar-refractivity contribution in [2.24, 2.45) is 16.7 Å². The van der Waals surface area contributed by atoms with E-state index in [0.717, 1.165) is 17.6 Å². The summed E-state index contributed by atoms with van der Waals surface area (Å²) in [6, 6.07) is -2.54. The Hall–Kier alpha value is -2.37. The Labute approximate surface area is 200 Å². The molecule has 11 nitrogen and oxygen atoms in total. The third-order valence-electron chi connectivity index (χ3n) is 7.59. The van der Waals surface area contributed by atoms with Crippen LogP contribution in [0.2, 0.25) is 0 Å². The fraction of sp³-hybridized carbons (Fsp3) is 0.818. The van der Waals surface area contributed by atoms with Gasteiger partial charge in [-0.1, -0.05) is 13.8 Å². The van der Waals surface area contributed by atoms with Crippen molar-refractivity contribution in [3.8, 4) is 0 Å². The Balaban J connectivity index is 2.00. The summed E-state index contributed by atoms with van der Waals surface area (Å²) in [6.45, 7) is 11.4.